The Hall–Kier alpha value is -2.41. The van der Waals surface area contributed by atoms with Crippen LogP contribution in [0.25, 0.3) is 0 Å². The van der Waals surface area contributed by atoms with Crippen molar-refractivity contribution in [2.24, 2.45) is 0 Å². The molecule has 0 bridgehead atoms. The van der Waals surface area contributed by atoms with Crippen molar-refractivity contribution in [1.29, 1.82) is 0 Å². The van der Waals surface area contributed by atoms with E-state index in [0.29, 0.717) is 61.5 Å². The van der Waals surface area contributed by atoms with Crippen LogP contribution in [0.3, 0.4) is 0 Å². The van der Waals surface area contributed by atoms with Crippen LogP contribution < -0.4 is 4.74 Å². The molecule has 1 saturated heterocycles. The van der Waals surface area contributed by atoms with Gasteiger partial charge in [-0.1, -0.05) is 12.1 Å². The molecule has 1 amide bonds. The van der Waals surface area contributed by atoms with Crippen LogP contribution in [0.4, 0.5) is 4.39 Å². The van der Waals surface area contributed by atoms with Crippen LogP contribution >= 0.6 is 0 Å². The first kappa shape index (κ1) is 19.4. The number of benzene rings is 1. The number of halogens is 1. The maximum Gasteiger partial charge on any atom is 0.259 e. The molecule has 1 aliphatic heterocycles. The topological polar surface area (TPSA) is 75.8 Å². The van der Waals surface area contributed by atoms with Gasteiger partial charge in [0.25, 0.3) is 5.91 Å². The largest absolute Gasteiger partial charge is 0.491 e. The van der Waals surface area contributed by atoms with E-state index in [1.807, 2.05) is 6.92 Å². The van der Waals surface area contributed by atoms with Gasteiger partial charge in [-0.3, -0.25) is 4.79 Å². The molecule has 2 aromatic rings. The highest BCUT2D eigenvalue weighted by Crippen LogP contribution is 2.26. The minimum absolute atomic E-state index is 0.102. The summed E-state index contributed by atoms with van der Waals surface area (Å²) in [6, 6.07) is 5.71. The summed E-state index contributed by atoms with van der Waals surface area (Å²) in [6.07, 6.45) is 2.23. The molecule has 1 N–H and O–H groups in total. The summed E-state index contributed by atoms with van der Waals surface area (Å²) < 4.78 is 23.8. The number of aryl methyl sites for hydroxylation is 2. The van der Waals surface area contributed by atoms with E-state index >= 15 is 0 Å². The quantitative estimate of drug-likeness (QED) is 0.868. The maximum absolute atomic E-state index is 13.0. The number of hydrogen-bond acceptors (Lipinski definition) is 5. The highest BCUT2D eigenvalue weighted by atomic mass is 19.1. The number of carbonyl (C=O) groups excluding carboxylic acids is 1. The first-order chi connectivity index (χ1) is 12.9. The third-order valence-electron chi connectivity index (χ3n) is 5.01. The Bertz CT molecular complexity index is 790. The second-order valence-corrected chi connectivity index (χ2v) is 7.03. The van der Waals surface area contributed by atoms with Gasteiger partial charge in [0, 0.05) is 13.1 Å². The monoisotopic (exact) mass is 376 g/mol. The van der Waals surface area contributed by atoms with E-state index < -0.39 is 5.60 Å². The zero-order valence-corrected chi connectivity index (χ0v) is 15.7. The van der Waals surface area contributed by atoms with E-state index in [0.717, 1.165) is 0 Å². The molecule has 1 fully saturated rings. The summed E-state index contributed by atoms with van der Waals surface area (Å²) in [5.41, 5.74) is 0.169. The van der Waals surface area contributed by atoms with Crippen molar-refractivity contribution < 1.29 is 23.6 Å². The van der Waals surface area contributed by atoms with Crippen molar-refractivity contribution >= 4 is 5.91 Å². The number of hydrogen-bond donors (Lipinski definition) is 1. The van der Waals surface area contributed by atoms with Gasteiger partial charge < -0.3 is 19.3 Å². The van der Waals surface area contributed by atoms with Crippen LogP contribution in [0.2, 0.25) is 0 Å². The minimum atomic E-state index is -1.03. The number of rotatable bonds is 5. The molecule has 1 unspecified atom stereocenters. The molecule has 0 aliphatic carbocycles. The first-order valence-corrected chi connectivity index (χ1v) is 9.27. The molecule has 0 spiro atoms. The summed E-state index contributed by atoms with van der Waals surface area (Å²) in [5.74, 6) is 0.597. The summed E-state index contributed by atoms with van der Waals surface area (Å²) in [4.78, 5) is 14.7. The van der Waals surface area contributed by atoms with E-state index in [4.69, 9.17) is 9.26 Å². The third kappa shape index (κ3) is 4.47. The zero-order chi connectivity index (χ0) is 19.4. The summed E-state index contributed by atoms with van der Waals surface area (Å²) >= 11 is 0. The second-order valence-electron chi connectivity index (χ2n) is 7.03. The number of aliphatic hydroxyl groups is 1. The van der Waals surface area contributed by atoms with Crippen molar-refractivity contribution in [3.8, 4) is 5.75 Å². The van der Waals surface area contributed by atoms with Crippen LogP contribution in [-0.2, 0) is 6.42 Å². The van der Waals surface area contributed by atoms with E-state index in [-0.39, 0.29) is 18.3 Å². The molecule has 6 nitrogen and oxygen atoms in total. The van der Waals surface area contributed by atoms with Crippen molar-refractivity contribution in [2.75, 3.05) is 19.7 Å². The molecule has 1 aromatic carbocycles. The van der Waals surface area contributed by atoms with Gasteiger partial charge in [-0.15, -0.1) is 0 Å². The predicted molar refractivity (Wildman–Crippen MR) is 97.2 cm³/mol. The molecular formula is C20H25FN2O4. The Morgan fingerprint density at radius 2 is 2.07 bits per heavy atom. The average Bonchev–Trinajstić information content (AvgIpc) is 2.92. The van der Waals surface area contributed by atoms with Crippen molar-refractivity contribution in [3.05, 3.63) is 47.1 Å². The molecule has 0 saturated carbocycles. The van der Waals surface area contributed by atoms with Crippen LogP contribution in [0, 0.1) is 12.7 Å². The molecule has 1 aromatic heterocycles. The average molecular weight is 376 g/mol. The van der Waals surface area contributed by atoms with Gasteiger partial charge >= 0.3 is 0 Å². The van der Waals surface area contributed by atoms with Gasteiger partial charge in [0.2, 0.25) is 0 Å². The Kier molecular flexibility index (Phi) is 5.79. The Morgan fingerprint density at radius 1 is 1.33 bits per heavy atom. The minimum Gasteiger partial charge on any atom is -0.491 e. The standard InChI is InChI=1S/C20H25FN2O4/c1-3-17-18(14(2)27-22-17)19(24)23-11-4-9-20(25,10-12-23)13-26-16-7-5-15(21)6-8-16/h5-8,25H,3-4,9-13H2,1-2H3. The Balaban J connectivity index is 1.63. The smallest absolute Gasteiger partial charge is 0.259 e. The van der Waals surface area contributed by atoms with Gasteiger partial charge in [-0.2, -0.15) is 0 Å². The lowest BCUT2D eigenvalue weighted by Gasteiger charge is -2.27. The number of amides is 1. The number of nitrogens with zero attached hydrogens (tertiary/aromatic N) is 2. The normalized spacial score (nSPS) is 20.4. The number of aromatic nitrogens is 1. The maximum atomic E-state index is 13.0. The van der Waals surface area contributed by atoms with Crippen molar-refractivity contribution in [1.82, 2.24) is 10.1 Å². The SMILES string of the molecule is CCc1noc(C)c1C(=O)N1CCCC(O)(COc2ccc(F)cc2)CC1. The van der Waals surface area contributed by atoms with E-state index in [9.17, 15) is 14.3 Å². The van der Waals surface area contributed by atoms with Gasteiger partial charge in [0.1, 0.15) is 35.1 Å². The van der Waals surface area contributed by atoms with Gasteiger partial charge in [-0.05, 0) is 56.9 Å². The number of ether oxygens (including phenoxy) is 1. The van der Waals surface area contributed by atoms with Crippen LogP contribution in [0.5, 0.6) is 5.75 Å². The van der Waals surface area contributed by atoms with Crippen LogP contribution in [0.1, 0.15) is 48.0 Å². The molecule has 1 aliphatic rings. The van der Waals surface area contributed by atoms with E-state index in [1.165, 1.54) is 24.3 Å². The lowest BCUT2D eigenvalue weighted by molar-refractivity contribution is -0.0163. The second kappa shape index (κ2) is 8.08. The zero-order valence-electron chi connectivity index (χ0n) is 15.7. The summed E-state index contributed by atoms with van der Waals surface area (Å²) in [6.45, 7) is 4.76. The van der Waals surface area contributed by atoms with Crippen LogP contribution in [0.15, 0.2) is 28.8 Å². The summed E-state index contributed by atoms with van der Waals surface area (Å²) in [5, 5.41) is 14.8. The number of carbonyl (C=O) groups is 1. The van der Waals surface area contributed by atoms with Gasteiger partial charge in [0.15, 0.2) is 0 Å². The van der Waals surface area contributed by atoms with Gasteiger partial charge in [-0.25, -0.2) is 4.39 Å². The number of likely N-dealkylation sites (tertiary alicyclic amines) is 1. The predicted octanol–water partition coefficient (Wildman–Crippen LogP) is 3.12. The fourth-order valence-electron chi connectivity index (χ4n) is 3.37. The molecule has 0 radical (unpaired) electrons. The van der Waals surface area contributed by atoms with E-state index in [1.54, 1.807) is 11.8 Å². The van der Waals surface area contributed by atoms with Crippen molar-refractivity contribution in [3.63, 3.8) is 0 Å². The van der Waals surface area contributed by atoms with Crippen LogP contribution in [-0.4, -0.2) is 46.4 Å². The lowest BCUT2D eigenvalue weighted by atomic mass is 9.96. The van der Waals surface area contributed by atoms with E-state index in [2.05, 4.69) is 5.16 Å². The first-order valence-electron chi connectivity index (χ1n) is 9.27. The molecular weight excluding hydrogens is 351 g/mol. The molecule has 7 heteroatoms. The molecule has 27 heavy (non-hydrogen) atoms. The van der Waals surface area contributed by atoms with Gasteiger partial charge in [0.05, 0.1) is 5.69 Å². The highest BCUT2D eigenvalue weighted by Gasteiger charge is 2.34. The fourth-order valence-corrected chi connectivity index (χ4v) is 3.37. The molecule has 2 heterocycles. The van der Waals surface area contributed by atoms with Crippen molar-refractivity contribution in [2.45, 2.75) is 45.1 Å². The Labute approximate surface area is 157 Å². The molecule has 146 valence electrons. The Morgan fingerprint density at radius 3 is 2.78 bits per heavy atom. The third-order valence-corrected chi connectivity index (χ3v) is 5.01. The molecule has 3 rings (SSSR count). The fraction of sp³-hybridized carbons (Fsp3) is 0.500. The lowest BCUT2D eigenvalue weighted by Crippen LogP contribution is -2.38. The highest BCUT2D eigenvalue weighted by molar-refractivity contribution is 5.96. The molecule has 1 atom stereocenters. The summed E-state index contributed by atoms with van der Waals surface area (Å²) in [7, 11) is 0.